The predicted molar refractivity (Wildman–Crippen MR) is 77.3 cm³/mol. The second-order valence-electron chi connectivity index (χ2n) is 7.85. The number of carbonyl (C=O) groups is 1. The van der Waals surface area contributed by atoms with E-state index in [1.165, 1.54) is 0 Å². The van der Waals surface area contributed by atoms with Crippen molar-refractivity contribution in [3.63, 3.8) is 0 Å². The van der Waals surface area contributed by atoms with Gasteiger partial charge >= 0.3 is 6.09 Å². The van der Waals surface area contributed by atoms with Crippen LogP contribution in [-0.2, 0) is 4.74 Å². The maximum absolute atomic E-state index is 12.1. The minimum atomic E-state index is -0.636. The molecular formula is C15H28N2O3. The van der Waals surface area contributed by atoms with E-state index in [0.717, 1.165) is 19.4 Å². The molecule has 0 bridgehead atoms. The highest BCUT2D eigenvalue weighted by Gasteiger charge is 2.53. The van der Waals surface area contributed by atoms with Crippen molar-refractivity contribution in [2.45, 2.75) is 70.1 Å². The molecule has 2 fully saturated rings. The van der Waals surface area contributed by atoms with Crippen LogP contribution >= 0.6 is 0 Å². The maximum atomic E-state index is 12.1. The van der Waals surface area contributed by atoms with Crippen molar-refractivity contribution in [2.75, 3.05) is 13.1 Å². The molecule has 2 rings (SSSR count). The molecule has 1 aliphatic carbocycles. The molecule has 2 aliphatic rings. The second kappa shape index (κ2) is 4.88. The molecule has 0 radical (unpaired) electrons. The molecule has 5 nitrogen and oxygen atoms in total. The Morgan fingerprint density at radius 2 is 2.00 bits per heavy atom. The lowest BCUT2D eigenvalue weighted by Crippen LogP contribution is -2.67. The number of rotatable bonds is 1. The van der Waals surface area contributed by atoms with Crippen molar-refractivity contribution in [1.82, 2.24) is 4.90 Å². The van der Waals surface area contributed by atoms with Gasteiger partial charge in [-0.25, -0.2) is 4.79 Å². The van der Waals surface area contributed by atoms with Crippen LogP contribution in [0, 0.1) is 5.92 Å². The molecule has 0 aromatic carbocycles. The molecule has 1 unspecified atom stereocenters. The Kier molecular flexibility index (Phi) is 3.80. The van der Waals surface area contributed by atoms with Gasteiger partial charge in [0.05, 0.1) is 5.60 Å². The first kappa shape index (κ1) is 15.6. The first-order valence-electron chi connectivity index (χ1n) is 7.50. The molecule has 1 saturated carbocycles. The SMILES string of the molecule is CC1(O)CC(N)(C2CCCN(C(=O)OC(C)(C)C)C2)C1. The van der Waals surface area contributed by atoms with Gasteiger partial charge < -0.3 is 20.5 Å². The summed E-state index contributed by atoms with van der Waals surface area (Å²) >= 11 is 0. The third-order valence-corrected chi connectivity index (χ3v) is 4.31. The van der Waals surface area contributed by atoms with Gasteiger partial charge in [-0.1, -0.05) is 0 Å². The van der Waals surface area contributed by atoms with E-state index in [1.807, 2.05) is 27.7 Å². The zero-order chi connectivity index (χ0) is 15.2. The molecule has 5 heteroatoms. The lowest BCUT2D eigenvalue weighted by atomic mass is 9.59. The summed E-state index contributed by atoms with van der Waals surface area (Å²) in [5, 5.41) is 9.92. The topological polar surface area (TPSA) is 75.8 Å². The number of likely N-dealkylation sites (tertiary alicyclic amines) is 1. The zero-order valence-electron chi connectivity index (χ0n) is 13.1. The molecule has 1 atom stereocenters. The number of amides is 1. The summed E-state index contributed by atoms with van der Waals surface area (Å²) in [6.07, 6.45) is 2.95. The first-order valence-corrected chi connectivity index (χ1v) is 7.50. The van der Waals surface area contributed by atoms with Crippen LogP contribution in [0.25, 0.3) is 0 Å². The molecule has 1 aliphatic heterocycles. The van der Waals surface area contributed by atoms with Gasteiger partial charge in [-0.3, -0.25) is 0 Å². The Hall–Kier alpha value is -0.810. The van der Waals surface area contributed by atoms with Gasteiger partial charge in [-0.05, 0) is 59.3 Å². The van der Waals surface area contributed by atoms with Crippen molar-refractivity contribution in [1.29, 1.82) is 0 Å². The van der Waals surface area contributed by atoms with Gasteiger partial charge in [0.25, 0.3) is 0 Å². The predicted octanol–water partition coefficient (Wildman–Crippen LogP) is 1.88. The zero-order valence-corrected chi connectivity index (χ0v) is 13.1. The molecule has 1 saturated heterocycles. The van der Waals surface area contributed by atoms with Crippen LogP contribution in [0.3, 0.4) is 0 Å². The number of nitrogens with two attached hydrogens (primary N) is 1. The molecule has 1 amide bonds. The number of ether oxygens (including phenoxy) is 1. The summed E-state index contributed by atoms with van der Waals surface area (Å²) in [5.41, 5.74) is 4.97. The Balaban J connectivity index is 1.94. The minimum absolute atomic E-state index is 0.253. The lowest BCUT2D eigenvalue weighted by molar-refractivity contribution is -0.101. The van der Waals surface area contributed by atoms with E-state index >= 15 is 0 Å². The van der Waals surface area contributed by atoms with E-state index in [1.54, 1.807) is 4.90 Å². The largest absolute Gasteiger partial charge is 0.444 e. The molecule has 0 spiro atoms. The maximum Gasteiger partial charge on any atom is 0.410 e. The first-order chi connectivity index (χ1) is 9.01. The van der Waals surface area contributed by atoms with Crippen LogP contribution in [-0.4, -0.2) is 45.9 Å². The van der Waals surface area contributed by atoms with Crippen LogP contribution in [0.4, 0.5) is 4.79 Å². The fourth-order valence-electron chi connectivity index (χ4n) is 3.59. The number of hydrogen-bond donors (Lipinski definition) is 2. The van der Waals surface area contributed by atoms with Gasteiger partial charge in [0.2, 0.25) is 0 Å². The highest BCUT2D eigenvalue weighted by molar-refractivity contribution is 5.68. The van der Waals surface area contributed by atoms with E-state index in [0.29, 0.717) is 19.4 Å². The molecular weight excluding hydrogens is 256 g/mol. The Labute approximate surface area is 121 Å². The monoisotopic (exact) mass is 284 g/mol. The highest BCUT2D eigenvalue weighted by atomic mass is 16.6. The average Bonchev–Trinajstić information content (AvgIpc) is 2.24. The quantitative estimate of drug-likeness (QED) is 0.771. The van der Waals surface area contributed by atoms with Crippen molar-refractivity contribution in [2.24, 2.45) is 11.7 Å². The molecule has 3 N–H and O–H groups in total. The number of hydrogen-bond acceptors (Lipinski definition) is 4. The summed E-state index contributed by atoms with van der Waals surface area (Å²) < 4.78 is 5.43. The van der Waals surface area contributed by atoms with Gasteiger partial charge in [-0.15, -0.1) is 0 Å². The number of aliphatic hydroxyl groups is 1. The van der Waals surface area contributed by atoms with E-state index < -0.39 is 11.2 Å². The van der Waals surface area contributed by atoms with Crippen molar-refractivity contribution < 1.29 is 14.6 Å². The summed E-state index contributed by atoms with van der Waals surface area (Å²) in [5.74, 6) is 0.254. The summed E-state index contributed by atoms with van der Waals surface area (Å²) in [6.45, 7) is 8.82. The summed E-state index contributed by atoms with van der Waals surface area (Å²) in [4.78, 5) is 13.9. The lowest BCUT2D eigenvalue weighted by Gasteiger charge is -2.55. The second-order valence-corrected chi connectivity index (χ2v) is 7.85. The van der Waals surface area contributed by atoms with Crippen LogP contribution in [0.5, 0.6) is 0 Å². The Bertz CT molecular complexity index is 379. The average molecular weight is 284 g/mol. The van der Waals surface area contributed by atoms with Gasteiger partial charge in [0, 0.05) is 18.6 Å². The normalized spacial score (nSPS) is 38.3. The van der Waals surface area contributed by atoms with Crippen LogP contribution in [0.15, 0.2) is 0 Å². The standard InChI is InChI=1S/C15H28N2O3/c1-13(2,3)20-12(18)17-7-5-6-11(8-17)15(16)9-14(4,19)10-15/h11,19H,5-10,16H2,1-4H3. The van der Waals surface area contributed by atoms with Crippen molar-refractivity contribution in [3.05, 3.63) is 0 Å². The summed E-state index contributed by atoms with van der Waals surface area (Å²) in [6, 6.07) is 0. The molecule has 116 valence electrons. The van der Waals surface area contributed by atoms with E-state index in [2.05, 4.69) is 0 Å². The smallest absolute Gasteiger partial charge is 0.410 e. The molecule has 20 heavy (non-hydrogen) atoms. The molecule has 0 aromatic heterocycles. The Morgan fingerprint density at radius 3 is 2.50 bits per heavy atom. The summed E-state index contributed by atoms with van der Waals surface area (Å²) in [7, 11) is 0. The van der Waals surface area contributed by atoms with Gasteiger partial charge in [0.15, 0.2) is 0 Å². The van der Waals surface area contributed by atoms with E-state index in [-0.39, 0.29) is 17.6 Å². The fraction of sp³-hybridized carbons (Fsp3) is 0.933. The van der Waals surface area contributed by atoms with E-state index in [4.69, 9.17) is 10.5 Å². The Morgan fingerprint density at radius 1 is 1.40 bits per heavy atom. The third-order valence-electron chi connectivity index (χ3n) is 4.31. The van der Waals surface area contributed by atoms with Crippen LogP contribution < -0.4 is 5.73 Å². The number of nitrogens with zero attached hydrogens (tertiary/aromatic N) is 1. The molecule has 1 heterocycles. The number of piperidine rings is 1. The van der Waals surface area contributed by atoms with E-state index in [9.17, 15) is 9.90 Å². The van der Waals surface area contributed by atoms with Crippen molar-refractivity contribution in [3.8, 4) is 0 Å². The van der Waals surface area contributed by atoms with Crippen molar-refractivity contribution >= 4 is 6.09 Å². The van der Waals surface area contributed by atoms with Gasteiger partial charge in [-0.2, -0.15) is 0 Å². The van der Waals surface area contributed by atoms with Crippen LogP contribution in [0.2, 0.25) is 0 Å². The minimum Gasteiger partial charge on any atom is -0.444 e. The highest BCUT2D eigenvalue weighted by Crippen LogP contribution is 2.46. The number of carbonyl (C=O) groups excluding carboxylic acids is 1. The fourth-order valence-corrected chi connectivity index (χ4v) is 3.59. The van der Waals surface area contributed by atoms with Gasteiger partial charge in [0.1, 0.15) is 5.60 Å². The molecule has 0 aromatic rings. The third kappa shape index (κ3) is 3.44. The van der Waals surface area contributed by atoms with Crippen LogP contribution in [0.1, 0.15) is 53.4 Å².